The number of hydrogen-bond donors (Lipinski definition) is 2. The van der Waals surface area contributed by atoms with Crippen LogP contribution in [0, 0.1) is 0 Å². The first-order chi connectivity index (χ1) is 10.1. The van der Waals surface area contributed by atoms with Crippen molar-refractivity contribution in [3.63, 3.8) is 0 Å². The van der Waals surface area contributed by atoms with Crippen LogP contribution in [0.1, 0.15) is 38.7 Å². The van der Waals surface area contributed by atoms with E-state index in [4.69, 9.17) is 0 Å². The van der Waals surface area contributed by atoms with Gasteiger partial charge >= 0.3 is 0 Å². The number of carbonyl (C=O) groups excluding carboxylic acids is 1. The smallest absolute Gasteiger partial charge is 0.220 e. The van der Waals surface area contributed by atoms with Gasteiger partial charge in [-0.25, -0.2) is 0 Å². The van der Waals surface area contributed by atoms with Crippen LogP contribution in [0.3, 0.4) is 0 Å². The second kappa shape index (κ2) is 7.46. The lowest BCUT2D eigenvalue weighted by molar-refractivity contribution is -0.122. The summed E-state index contributed by atoms with van der Waals surface area (Å²) in [7, 11) is 0. The summed E-state index contributed by atoms with van der Waals surface area (Å²) in [5, 5.41) is 6.50. The van der Waals surface area contributed by atoms with Gasteiger partial charge in [0.15, 0.2) is 0 Å². The molecule has 4 heteroatoms. The maximum atomic E-state index is 12.2. The number of para-hydroxylation sites is 1. The summed E-state index contributed by atoms with van der Waals surface area (Å²) in [6, 6.07) is 8.46. The van der Waals surface area contributed by atoms with Crippen molar-refractivity contribution < 1.29 is 4.79 Å². The Bertz CT molecular complexity index is 471. The summed E-state index contributed by atoms with van der Waals surface area (Å²) < 4.78 is 0. The Labute approximate surface area is 127 Å². The van der Waals surface area contributed by atoms with E-state index in [1.807, 2.05) is 12.1 Å². The van der Waals surface area contributed by atoms with Crippen LogP contribution in [-0.2, 0) is 4.79 Å². The maximum absolute atomic E-state index is 12.2. The highest BCUT2D eigenvalue weighted by Gasteiger charge is 2.24. The Hall–Kier alpha value is -1.55. The van der Waals surface area contributed by atoms with Crippen molar-refractivity contribution in [3.05, 3.63) is 29.8 Å². The highest BCUT2D eigenvalue weighted by molar-refractivity contribution is 5.78. The molecular weight excluding hydrogens is 262 g/mol. The minimum Gasteiger partial charge on any atom is -0.384 e. The molecule has 1 amide bonds. The molecule has 0 aliphatic carbocycles. The summed E-state index contributed by atoms with van der Waals surface area (Å²) >= 11 is 0. The predicted octanol–water partition coefficient (Wildman–Crippen LogP) is 2.43. The first-order valence-corrected chi connectivity index (χ1v) is 7.98. The molecular formula is C17H27N3O. The number of rotatable bonds is 7. The lowest BCUT2D eigenvalue weighted by Gasteiger charge is -2.23. The van der Waals surface area contributed by atoms with Gasteiger partial charge in [-0.2, -0.15) is 0 Å². The molecule has 1 aromatic rings. The Morgan fingerprint density at radius 1 is 1.38 bits per heavy atom. The quantitative estimate of drug-likeness (QED) is 0.810. The van der Waals surface area contributed by atoms with Crippen LogP contribution in [0.2, 0.25) is 0 Å². The SMILES string of the molecule is CCN(CC)CC(C)NC(=O)CC1CNc2ccccc21. The monoisotopic (exact) mass is 289 g/mol. The van der Waals surface area contributed by atoms with Gasteiger partial charge in [0.2, 0.25) is 5.91 Å². The van der Waals surface area contributed by atoms with Gasteiger partial charge in [-0.15, -0.1) is 0 Å². The molecule has 0 saturated carbocycles. The van der Waals surface area contributed by atoms with Gasteiger partial charge in [0.25, 0.3) is 0 Å². The second-order valence-corrected chi connectivity index (χ2v) is 5.82. The molecule has 1 heterocycles. The van der Waals surface area contributed by atoms with Gasteiger partial charge < -0.3 is 15.5 Å². The summed E-state index contributed by atoms with van der Waals surface area (Å²) in [4.78, 5) is 14.6. The molecule has 21 heavy (non-hydrogen) atoms. The van der Waals surface area contributed by atoms with Gasteiger partial charge in [0.05, 0.1) is 0 Å². The van der Waals surface area contributed by atoms with Crippen molar-refractivity contribution in [3.8, 4) is 0 Å². The highest BCUT2D eigenvalue weighted by atomic mass is 16.1. The number of nitrogens with zero attached hydrogens (tertiary/aromatic N) is 1. The summed E-state index contributed by atoms with van der Waals surface area (Å²) in [6.07, 6.45) is 0.562. The molecule has 2 atom stereocenters. The third-order valence-electron chi connectivity index (χ3n) is 4.21. The van der Waals surface area contributed by atoms with E-state index in [0.717, 1.165) is 26.2 Å². The molecule has 1 aromatic carbocycles. The van der Waals surface area contributed by atoms with E-state index in [2.05, 4.69) is 48.4 Å². The Morgan fingerprint density at radius 2 is 2.10 bits per heavy atom. The van der Waals surface area contributed by atoms with E-state index < -0.39 is 0 Å². The lowest BCUT2D eigenvalue weighted by Crippen LogP contribution is -2.42. The number of carbonyl (C=O) groups is 1. The molecule has 0 saturated heterocycles. The van der Waals surface area contributed by atoms with Gasteiger partial charge in [-0.1, -0.05) is 32.0 Å². The molecule has 116 valence electrons. The van der Waals surface area contributed by atoms with Crippen molar-refractivity contribution in [2.75, 3.05) is 31.5 Å². The second-order valence-electron chi connectivity index (χ2n) is 5.82. The average molecular weight is 289 g/mol. The standard InChI is InChI=1S/C17H27N3O/c1-4-20(5-2)12-13(3)19-17(21)10-14-11-18-16-9-7-6-8-15(14)16/h6-9,13-14,18H,4-5,10-12H2,1-3H3,(H,19,21). The molecule has 0 fully saturated rings. The number of anilines is 1. The molecule has 1 aliphatic rings. The van der Waals surface area contributed by atoms with Crippen molar-refractivity contribution in [1.82, 2.24) is 10.2 Å². The van der Waals surface area contributed by atoms with Gasteiger partial charge in [-0.3, -0.25) is 4.79 Å². The van der Waals surface area contributed by atoms with E-state index in [-0.39, 0.29) is 11.9 Å². The maximum Gasteiger partial charge on any atom is 0.220 e. The Kier molecular flexibility index (Phi) is 5.62. The first-order valence-electron chi connectivity index (χ1n) is 7.98. The van der Waals surface area contributed by atoms with Crippen molar-refractivity contribution in [2.24, 2.45) is 0 Å². The van der Waals surface area contributed by atoms with Crippen LogP contribution in [0.25, 0.3) is 0 Å². The van der Waals surface area contributed by atoms with Crippen LogP contribution >= 0.6 is 0 Å². The molecule has 4 nitrogen and oxygen atoms in total. The molecule has 2 rings (SSSR count). The van der Waals surface area contributed by atoms with E-state index in [0.29, 0.717) is 12.3 Å². The summed E-state index contributed by atoms with van der Waals surface area (Å²) in [5.41, 5.74) is 2.44. The first kappa shape index (κ1) is 15.8. The summed E-state index contributed by atoms with van der Waals surface area (Å²) in [6.45, 7) is 10.2. The average Bonchev–Trinajstić information content (AvgIpc) is 2.88. The zero-order valence-electron chi connectivity index (χ0n) is 13.4. The molecule has 0 radical (unpaired) electrons. The predicted molar refractivity (Wildman–Crippen MR) is 87.7 cm³/mol. The molecule has 0 spiro atoms. The van der Waals surface area contributed by atoms with Gasteiger partial charge in [0.1, 0.15) is 0 Å². The van der Waals surface area contributed by atoms with Crippen LogP contribution in [-0.4, -0.2) is 43.0 Å². The van der Waals surface area contributed by atoms with Gasteiger partial charge in [-0.05, 0) is 31.6 Å². The lowest BCUT2D eigenvalue weighted by atomic mass is 9.97. The fraction of sp³-hybridized carbons (Fsp3) is 0.588. The van der Waals surface area contributed by atoms with Gasteiger partial charge in [0, 0.05) is 37.2 Å². The number of nitrogens with one attached hydrogen (secondary N) is 2. The number of likely N-dealkylation sites (N-methyl/N-ethyl adjacent to an activating group) is 1. The van der Waals surface area contributed by atoms with E-state index in [1.165, 1.54) is 11.3 Å². The molecule has 2 unspecified atom stereocenters. The topological polar surface area (TPSA) is 44.4 Å². The van der Waals surface area contributed by atoms with Crippen LogP contribution < -0.4 is 10.6 Å². The number of amides is 1. The fourth-order valence-corrected chi connectivity index (χ4v) is 3.01. The van der Waals surface area contributed by atoms with Crippen LogP contribution in [0.4, 0.5) is 5.69 Å². The van der Waals surface area contributed by atoms with E-state index >= 15 is 0 Å². The zero-order chi connectivity index (χ0) is 15.2. The largest absolute Gasteiger partial charge is 0.384 e. The third-order valence-corrected chi connectivity index (χ3v) is 4.21. The fourth-order valence-electron chi connectivity index (χ4n) is 3.01. The van der Waals surface area contributed by atoms with E-state index in [1.54, 1.807) is 0 Å². The number of hydrogen-bond acceptors (Lipinski definition) is 3. The van der Waals surface area contributed by atoms with E-state index in [9.17, 15) is 4.79 Å². The third kappa shape index (κ3) is 4.21. The molecule has 1 aliphatic heterocycles. The van der Waals surface area contributed by atoms with Crippen LogP contribution in [0.5, 0.6) is 0 Å². The Morgan fingerprint density at radius 3 is 2.81 bits per heavy atom. The minimum atomic E-state index is 0.151. The van der Waals surface area contributed by atoms with Crippen molar-refractivity contribution in [2.45, 2.75) is 39.2 Å². The van der Waals surface area contributed by atoms with Crippen molar-refractivity contribution in [1.29, 1.82) is 0 Å². The normalized spacial score (nSPS) is 18.2. The summed E-state index contributed by atoms with van der Waals surface area (Å²) in [5.74, 6) is 0.444. The van der Waals surface area contributed by atoms with Crippen LogP contribution in [0.15, 0.2) is 24.3 Å². The number of fused-ring (bicyclic) bond motifs is 1. The van der Waals surface area contributed by atoms with Crippen molar-refractivity contribution >= 4 is 11.6 Å². The minimum absolute atomic E-state index is 0.151. The number of benzene rings is 1. The molecule has 0 bridgehead atoms. The molecule has 2 N–H and O–H groups in total. The molecule has 0 aromatic heterocycles. The zero-order valence-corrected chi connectivity index (χ0v) is 13.4. The Balaban J connectivity index is 1.83. The highest BCUT2D eigenvalue weighted by Crippen LogP contribution is 2.32.